The topological polar surface area (TPSA) is 119 Å². The van der Waals surface area contributed by atoms with Crippen molar-refractivity contribution in [1.29, 1.82) is 0 Å². The van der Waals surface area contributed by atoms with Crippen LogP contribution < -0.4 is 15.5 Å². The SMILES string of the molecule is CCc1c(C(=O)NCc2cccc(Cl)c2F)c(=O)c(OCOC(=O)OCCN(C)C)c2n1CCN(CC)C2=O. The summed E-state index contributed by atoms with van der Waals surface area (Å²) < 4.78 is 31.3. The fourth-order valence-electron chi connectivity index (χ4n) is 4.15. The molecule has 3 rings (SSSR count). The summed E-state index contributed by atoms with van der Waals surface area (Å²) >= 11 is 5.83. The first kappa shape index (κ1) is 29.9. The second kappa shape index (κ2) is 13.4. The standard InChI is InChI=1S/C26H32ClFN4O7/c1-5-18-19(24(34)29-14-16-8-7-9-17(27)20(16)28)22(33)23(21-25(35)31(6-2)10-11-32(18)21)38-15-39-26(36)37-13-12-30(3)4/h7-9H,5-6,10-15H2,1-4H3,(H,29,34). The van der Waals surface area contributed by atoms with E-state index in [1.807, 2.05) is 19.0 Å². The molecule has 11 nitrogen and oxygen atoms in total. The van der Waals surface area contributed by atoms with E-state index in [4.69, 9.17) is 25.8 Å². The first-order valence-corrected chi connectivity index (χ1v) is 12.8. The molecule has 0 aliphatic carbocycles. The predicted molar refractivity (Wildman–Crippen MR) is 141 cm³/mol. The number of nitrogens with zero attached hydrogens (tertiary/aromatic N) is 3. The molecule has 0 saturated heterocycles. The van der Waals surface area contributed by atoms with Crippen molar-refractivity contribution in [2.24, 2.45) is 0 Å². The molecule has 13 heteroatoms. The van der Waals surface area contributed by atoms with Gasteiger partial charge in [0.2, 0.25) is 18.0 Å². The predicted octanol–water partition coefficient (Wildman–Crippen LogP) is 2.66. The Kier molecular flexibility index (Phi) is 10.3. The van der Waals surface area contributed by atoms with Crippen molar-refractivity contribution in [3.05, 3.63) is 61.8 Å². The fourth-order valence-corrected chi connectivity index (χ4v) is 4.35. The number of pyridine rings is 1. The third-order valence-electron chi connectivity index (χ3n) is 6.17. The minimum Gasteiger partial charge on any atom is -0.451 e. The van der Waals surface area contributed by atoms with Crippen molar-refractivity contribution in [2.75, 3.05) is 47.1 Å². The van der Waals surface area contributed by atoms with Crippen molar-refractivity contribution >= 4 is 29.6 Å². The van der Waals surface area contributed by atoms with Gasteiger partial charge in [-0.05, 0) is 33.5 Å². The van der Waals surface area contributed by atoms with Gasteiger partial charge in [-0.3, -0.25) is 14.4 Å². The smallest absolute Gasteiger partial charge is 0.451 e. The number of carbonyl (C=O) groups excluding carboxylic acids is 3. The Morgan fingerprint density at radius 3 is 2.56 bits per heavy atom. The van der Waals surface area contributed by atoms with Gasteiger partial charge in [-0.1, -0.05) is 30.7 Å². The molecule has 1 N–H and O–H groups in total. The first-order chi connectivity index (χ1) is 18.6. The molecule has 39 heavy (non-hydrogen) atoms. The van der Waals surface area contributed by atoms with Crippen molar-refractivity contribution in [1.82, 2.24) is 19.7 Å². The van der Waals surface area contributed by atoms with Gasteiger partial charge in [-0.2, -0.15) is 0 Å². The Hall–Kier alpha value is -3.64. The molecule has 0 spiro atoms. The van der Waals surface area contributed by atoms with Crippen LogP contribution in [0.2, 0.25) is 5.02 Å². The summed E-state index contributed by atoms with van der Waals surface area (Å²) in [6, 6.07) is 4.39. The number of amides is 2. The lowest BCUT2D eigenvalue weighted by Gasteiger charge is -2.32. The Labute approximate surface area is 230 Å². The molecule has 0 fully saturated rings. The van der Waals surface area contributed by atoms with Crippen LogP contribution in [-0.2, 0) is 29.0 Å². The number of ether oxygens (including phenoxy) is 3. The van der Waals surface area contributed by atoms with E-state index < -0.39 is 41.8 Å². The number of rotatable bonds is 11. The maximum absolute atomic E-state index is 14.3. The molecule has 1 aliphatic heterocycles. The molecule has 0 bridgehead atoms. The summed E-state index contributed by atoms with van der Waals surface area (Å²) in [7, 11) is 3.62. The molecule has 2 amide bonds. The van der Waals surface area contributed by atoms with Crippen LogP contribution >= 0.6 is 11.6 Å². The third-order valence-corrected chi connectivity index (χ3v) is 6.46. The zero-order chi connectivity index (χ0) is 28.7. The van der Waals surface area contributed by atoms with Gasteiger partial charge in [0.15, 0.2) is 5.69 Å². The van der Waals surface area contributed by atoms with E-state index >= 15 is 0 Å². The Morgan fingerprint density at radius 2 is 1.90 bits per heavy atom. The quantitative estimate of drug-likeness (QED) is 0.326. The summed E-state index contributed by atoms with van der Waals surface area (Å²) in [4.78, 5) is 55.4. The number of fused-ring (bicyclic) bond motifs is 1. The van der Waals surface area contributed by atoms with Crippen molar-refractivity contribution in [2.45, 2.75) is 33.4 Å². The number of benzene rings is 1. The van der Waals surface area contributed by atoms with E-state index in [9.17, 15) is 23.6 Å². The lowest BCUT2D eigenvalue weighted by molar-refractivity contribution is 0.00161. The Balaban J connectivity index is 1.93. The van der Waals surface area contributed by atoms with Crippen LogP contribution in [0.3, 0.4) is 0 Å². The minimum absolute atomic E-state index is 0.0352. The van der Waals surface area contributed by atoms with Crippen molar-refractivity contribution in [3.8, 4) is 5.75 Å². The monoisotopic (exact) mass is 566 g/mol. The molecule has 2 aromatic rings. The molecule has 212 valence electrons. The van der Waals surface area contributed by atoms with Gasteiger partial charge in [0, 0.05) is 44.0 Å². The number of hydrogen-bond donors (Lipinski definition) is 1. The zero-order valence-corrected chi connectivity index (χ0v) is 23.1. The van der Waals surface area contributed by atoms with Gasteiger partial charge in [0.05, 0.1) is 5.02 Å². The van der Waals surface area contributed by atoms with Crippen LogP contribution in [0.15, 0.2) is 23.0 Å². The highest BCUT2D eigenvalue weighted by atomic mass is 35.5. The molecule has 0 saturated carbocycles. The second-order valence-corrected chi connectivity index (χ2v) is 9.33. The Morgan fingerprint density at radius 1 is 1.15 bits per heavy atom. The number of hydrogen-bond acceptors (Lipinski definition) is 8. The van der Waals surface area contributed by atoms with Crippen LogP contribution in [0.4, 0.5) is 9.18 Å². The van der Waals surface area contributed by atoms with Gasteiger partial charge in [-0.15, -0.1) is 0 Å². The molecule has 0 unspecified atom stereocenters. The van der Waals surface area contributed by atoms with E-state index in [0.717, 1.165) is 0 Å². The highest BCUT2D eigenvalue weighted by Gasteiger charge is 2.34. The number of halogens is 2. The number of aromatic nitrogens is 1. The van der Waals surface area contributed by atoms with E-state index in [2.05, 4.69) is 5.32 Å². The summed E-state index contributed by atoms with van der Waals surface area (Å²) in [6.45, 7) is 4.23. The van der Waals surface area contributed by atoms with Gasteiger partial charge >= 0.3 is 6.16 Å². The lowest BCUT2D eigenvalue weighted by atomic mass is 10.0. The summed E-state index contributed by atoms with van der Waals surface area (Å²) in [5, 5.41) is 2.46. The van der Waals surface area contributed by atoms with E-state index in [1.165, 1.54) is 12.1 Å². The van der Waals surface area contributed by atoms with Gasteiger partial charge in [0.25, 0.3) is 11.8 Å². The maximum atomic E-state index is 14.3. The minimum atomic E-state index is -1.01. The van der Waals surface area contributed by atoms with Gasteiger partial charge in [0.1, 0.15) is 18.0 Å². The van der Waals surface area contributed by atoms with Crippen molar-refractivity contribution in [3.63, 3.8) is 0 Å². The Bertz CT molecular complexity index is 1300. The molecular weight excluding hydrogens is 535 g/mol. The highest BCUT2D eigenvalue weighted by Crippen LogP contribution is 2.25. The van der Waals surface area contributed by atoms with Crippen molar-refractivity contribution < 1.29 is 33.0 Å². The van der Waals surface area contributed by atoms with Gasteiger partial charge in [-0.25, -0.2) is 9.18 Å². The summed E-state index contributed by atoms with van der Waals surface area (Å²) in [5.74, 6) is -2.32. The van der Waals surface area contributed by atoms with Crippen LogP contribution in [0, 0.1) is 5.82 Å². The average molecular weight is 567 g/mol. The van der Waals surface area contributed by atoms with Gasteiger partial charge < -0.3 is 33.9 Å². The largest absolute Gasteiger partial charge is 0.511 e. The second-order valence-electron chi connectivity index (χ2n) is 8.92. The lowest BCUT2D eigenvalue weighted by Crippen LogP contribution is -2.44. The number of likely N-dealkylation sites (N-methyl/N-ethyl adjacent to an activating group) is 2. The normalized spacial score (nSPS) is 12.8. The molecule has 1 aromatic carbocycles. The molecule has 1 aromatic heterocycles. The highest BCUT2D eigenvalue weighted by molar-refractivity contribution is 6.30. The van der Waals surface area contributed by atoms with E-state index in [0.29, 0.717) is 31.9 Å². The van der Waals surface area contributed by atoms with E-state index in [1.54, 1.807) is 29.4 Å². The zero-order valence-electron chi connectivity index (χ0n) is 22.3. The first-order valence-electron chi connectivity index (χ1n) is 12.5. The van der Waals surface area contributed by atoms with Crippen LogP contribution in [0.25, 0.3) is 0 Å². The molecule has 0 atom stereocenters. The molecule has 2 heterocycles. The third kappa shape index (κ3) is 6.87. The molecule has 1 aliphatic rings. The molecule has 0 radical (unpaired) electrons. The summed E-state index contributed by atoms with van der Waals surface area (Å²) in [6.07, 6.45) is -0.760. The fraction of sp³-hybridized carbons (Fsp3) is 0.462. The van der Waals surface area contributed by atoms with Crippen LogP contribution in [0.5, 0.6) is 5.75 Å². The number of nitrogens with one attached hydrogen (secondary N) is 1. The van der Waals surface area contributed by atoms with E-state index in [-0.39, 0.29) is 41.4 Å². The number of carbonyl (C=O) groups is 3. The van der Waals surface area contributed by atoms with Crippen LogP contribution in [-0.4, -0.2) is 79.5 Å². The maximum Gasteiger partial charge on any atom is 0.511 e. The summed E-state index contributed by atoms with van der Waals surface area (Å²) in [5.41, 5.74) is -0.659. The average Bonchev–Trinajstić information content (AvgIpc) is 2.90. The van der Waals surface area contributed by atoms with Crippen LogP contribution in [0.1, 0.15) is 46.0 Å². The molecular formula is C26H32ClFN4O7.